The van der Waals surface area contributed by atoms with Gasteiger partial charge in [-0.3, -0.25) is 4.90 Å². The van der Waals surface area contributed by atoms with Crippen LogP contribution in [0.4, 0.5) is 0 Å². The minimum atomic E-state index is 0.876. The molecule has 13 heavy (non-hydrogen) atoms. The molecule has 1 saturated heterocycles. The first-order valence-corrected chi connectivity index (χ1v) is 4.87. The van der Waals surface area contributed by atoms with Gasteiger partial charge in [0.25, 0.3) is 0 Å². The number of nitrogens with one attached hydrogen (secondary N) is 1. The monoisotopic (exact) mass is 180 g/mol. The van der Waals surface area contributed by atoms with Crippen molar-refractivity contribution in [1.29, 1.82) is 0 Å². The Morgan fingerprint density at radius 3 is 3.23 bits per heavy atom. The largest absolute Gasteiger partial charge is 0.380 e. The molecule has 0 spiro atoms. The quantitative estimate of drug-likeness (QED) is 0.741. The molecule has 1 aromatic rings. The lowest BCUT2D eigenvalue weighted by Gasteiger charge is -2.17. The van der Waals surface area contributed by atoms with Crippen molar-refractivity contribution in [2.45, 2.75) is 13.0 Å². The molecule has 0 aromatic carbocycles. The molecular weight excluding hydrogens is 164 g/mol. The first kappa shape index (κ1) is 8.78. The number of hydrogen-bond acceptors (Lipinski definition) is 2. The molecule has 2 heterocycles. The number of rotatable bonds is 2. The fourth-order valence-corrected chi connectivity index (χ4v) is 1.66. The van der Waals surface area contributed by atoms with Crippen molar-refractivity contribution in [3.8, 4) is 0 Å². The van der Waals surface area contributed by atoms with Crippen LogP contribution in [0.5, 0.6) is 0 Å². The lowest BCUT2D eigenvalue weighted by Crippen LogP contribution is -2.25. The zero-order valence-electron chi connectivity index (χ0n) is 7.83. The second kappa shape index (κ2) is 4.44. The highest BCUT2D eigenvalue weighted by atomic mass is 16.5. The van der Waals surface area contributed by atoms with Gasteiger partial charge < -0.3 is 9.72 Å². The van der Waals surface area contributed by atoms with Crippen molar-refractivity contribution >= 4 is 0 Å². The average molecular weight is 180 g/mol. The zero-order valence-corrected chi connectivity index (χ0v) is 7.83. The van der Waals surface area contributed by atoms with Gasteiger partial charge in [0.05, 0.1) is 6.61 Å². The topological polar surface area (TPSA) is 28.3 Å². The molecular formula is C10H16N2O. The molecule has 0 bridgehead atoms. The van der Waals surface area contributed by atoms with E-state index in [1.54, 1.807) is 0 Å². The van der Waals surface area contributed by atoms with Crippen LogP contribution in [0, 0.1) is 0 Å². The second-order valence-corrected chi connectivity index (χ2v) is 3.44. The molecule has 2 rings (SSSR count). The van der Waals surface area contributed by atoms with Crippen LogP contribution in [-0.2, 0) is 11.3 Å². The molecule has 1 aromatic heterocycles. The number of hydrogen-bond donors (Lipinski definition) is 1. The van der Waals surface area contributed by atoms with Gasteiger partial charge in [-0.15, -0.1) is 0 Å². The maximum atomic E-state index is 5.39. The van der Waals surface area contributed by atoms with E-state index in [9.17, 15) is 0 Å². The van der Waals surface area contributed by atoms with Gasteiger partial charge in [-0.05, 0) is 18.6 Å². The summed E-state index contributed by atoms with van der Waals surface area (Å²) in [5.41, 5.74) is 1.29. The van der Waals surface area contributed by atoms with E-state index in [1.165, 1.54) is 5.69 Å². The minimum absolute atomic E-state index is 0.876. The van der Waals surface area contributed by atoms with Crippen LogP contribution >= 0.6 is 0 Å². The highest BCUT2D eigenvalue weighted by Gasteiger charge is 2.09. The van der Waals surface area contributed by atoms with Crippen LogP contribution in [0.25, 0.3) is 0 Å². The van der Waals surface area contributed by atoms with Gasteiger partial charge in [-0.2, -0.15) is 0 Å². The molecule has 0 unspecified atom stereocenters. The summed E-state index contributed by atoms with van der Waals surface area (Å²) in [4.78, 5) is 5.65. The van der Waals surface area contributed by atoms with E-state index in [4.69, 9.17) is 4.74 Å². The number of aromatic amines is 1. The SMILES string of the molecule is c1c[nH]c(CN2CCCOCC2)c1. The van der Waals surface area contributed by atoms with Gasteiger partial charge in [-0.1, -0.05) is 0 Å². The number of aromatic nitrogens is 1. The van der Waals surface area contributed by atoms with E-state index in [1.807, 2.05) is 12.3 Å². The Kier molecular flexibility index (Phi) is 3.00. The molecule has 72 valence electrons. The van der Waals surface area contributed by atoms with Crippen LogP contribution in [0.2, 0.25) is 0 Å². The highest BCUT2D eigenvalue weighted by Crippen LogP contribution is 2.05. The smallest absolute Gasteiger partial charge is 0.0593 e. The third kappa shape index (κ3) is 2.57. The Balaban J connectivity index is 1.86. The summed E-state index contributed by atoms with van der Waals surface area (Å²) in [5.74, 6) is 0. The van der Waals surface area contributed by atoms with Crippen LogP contribution in [-0.4, -0.2) is 36.2 Å². The third-order valence-electron chi connectivity index (χ3n) is 2.37. The Bertz CT molecular complexity index is 225. The summed E-state index contributed by atoms with van der Waals surface area (Å²) in [6.45, 7) is 5.02. The number of ether oxygens (including phenoxy) is 1. The number of H-pyrrole nitrogens is 1. The molecule has 3 heteroatoms. The van der Waals surface area contributed by atoms with E-state index in [-0.39, 0.29) is 0 Å². The Morgan fingerprint density at radius 2 is 2.38 bits per heavy atom. The van der Waals surface area contributed by atoms with Crippen molar-refractivity contribution in [3.63, 3.8) is 0 Å². The summed E-state index contributed by atoms with van der Waals surface area (Å²) in [6, 6.07) is 4.18. The summed E-state index contributed by atoms with van der Waals surface area (Å²) in [5, 5.41) is 0. The Morgan fingerprint density at radius 1 is 1.38 bits per heavy atom. The first-order valence-electron chi connectivity index (χ1n) is 4.87. The molecule has 1 aliphatic heterocycles. The van der Waals surface area contributed by atoms with Crippen LogP contribution in [0.3, 0.4) is 0 Å². The fourth-order valence-electron chi connectivity index (χ4n) is 1.66. The lowest BCUT2D eigenvalue weighted by molar-refractivity contribution is 0.140. The van der Waals surface area contributed by atoms with Crippen LogP contribution < -0.4 is 0 Å². The van der Waals surface area contributed by atoms with Crippen LogP contribution in [0.1, 0.15) is 12.1 Å². The highest BCUT2D eigenvalue weighted by molar-refractivity contribution is 5.03. The van der Waals surface area contributed by atoms with Gasteiger partial charge in [0.2, 0.25) is 0 Å². The molecule has 0 saturated carbocycles. The summed E-state index contributed by atoms with van der Waals surface area (Å²) in [6.07, 6.45) is 3.13. The van der Waals surface area contributed by atoms with Crippen molar-refractivity contribution in [2.75, 3.05) is 26.3 Å². The molecule has 1 fully saturated rings. The van der Waals surface area contributed by atoms with Crippen molar-refractivity contribution in [3.05, 3.63) is 24.0 Å². The predicted molar refractivity (Wildman–Crippen MR) is 51.5 cm³/mol. The summed E-state index contributed by atoms with van der Waals surface area (Å²) in [7, 11) is 0. The summed E-state index contributed by atoms with van der Waals surface area (Å²) < 4.78 is 5.39. The van der Waals surface area contributed by atoms with E-state index in [2.05, 4.69) is 16.0 Å². The van der Waals surface area contributed by atoms with Gasteiger partial charge in [0, 0.05) is 38.1 Å². The maximum absolute atomic E-state index is 5.39. The Hall–Kier alpha value is -0.800. The third-order valence-corrected chi connectivity index (χ3v) is 2.37. The molecule has 3 nitrogen and oxygen atoms in total. The van der Waals surface area contributed by atoms with Gasteiger partial charge in [0.1, 0.15) is 0 Å². The lowest BCUT2D eigenvalue weighted by atomic mass is 10.3. The molecule has 0 aliphatic carbocycles. The Labute approximate surface area is 78.7 Å². The molecule has 0 amide bonds. The fraction of sp³-hybridized carbons (Fsp3) is 0.600. The zero-order chi connectivity index (χ0) is 8.93. The molecule has 1 aliphatic rings. The average Bonchev–Trinajstić information content (AvgIpc) is 2.49. The minimum Gasteiger partial charge on any atom is -0.380 e. The maximum Gasteiger partial charge on any atom is 0.0593 e. The number of nitrogens with zero attached hydrogens (tertiary/aromatic N) is 1. The van der Waals surface area contributed by atoms with E-state index < -0.39 is 0 Å². The van der Waals surface area contributed by atoms with Crippen LogP contribution in [0.15, 0.2) is 18.3 Å². The van der Waals surface area contributed by atoms with Gasteiger partial charge >= 0.3 is 0 Å². The normalized spacial score (nSPS) is 20.0. The predicted octanol–water partition coefficient (Wildman–Crippen LogP) is 1.24. The molecule has 0 radical (unpaired) electrons. The van der Waals surface area contributed by atoms with Crippen molar-refractivity contribution < 1.29 is 4.74 Å². The van der Waals surface area contributed by atoms with E-state index >= 15 is 0 Å². The molecule has 0 atom stereocenters. The van der Waals surface area contributed by atoms with Crippen molar-refractivity contribution in [2.24, 2.45) is 0 Å². The standard InChI is InChI=1S/C10H16N2O/c1-3-10(11-4-1)9-12-5-2-7-13-8-6-12/h1,3-4,11H,2,5-9H2. The van der Waals surface area contributed by atoms with Crippen molar-refractivity contribution in [1.82, 2.24) is 9.88 Å². The molecule has 1 N–H and O–H groups in total. The summed E-state index contributed by atoms with van der Waals surface area (Å²) >= 11 is 0. The van der Waals surface area contributed by atoms with Gasteiger partial charge in [0.15, 0.2) is 0 Å². The second-order valence-electron chi connectivity index (χ2n) is 3.44. The van der Waals surface area contributed by atoms with E-state index in [0.717, 1.165) is 39.3 Å². The van der Waals surface area contributed by atoms with E-state index in [0.29, 0.717) is 0 Å². The first-order chi connectivity index (χ1) is 6.45. The van der Waals surface area contributed by atoms with Gasteiger partial charge in [-0.25, -0.2) is 0 Å².